The van der Waals surface area contributed by atoms with E-state index in [-0.39, 0.29) is 29.1 Å². The van der Waals surface area contributed by atoms with Gasteiger partial charge >= 0.3 is 0 Å². The number of fused-ring (bicyclic) bond motifs is 3. The lowest BCUT2D eigenvalue weighted by atomic mass is 9.97. The molecule has 2 aromatic heterocycles. The van der Waals surface area contributed by atoms with Crippen LogP contribution in [0.15, 0.2) is 42.7 Å². The topological polar surface area (TPSA) is 90.9 Å². The van der Waals surface area contributed by atoms with Crippen molar-refractivity contribution in [3.05, 3.63) is 59.1 Å². The molecule has 150 valence electrons. The first-order valence-electron chi connectivity index (χ1n) is 8.64. The Morgan fingerprint density at radius 3 is 2.86 bits per heavy atom. The molecule has 0 bridgehead atoms. The zero-order valence-corrected chi connectivity index (χ0v) is 16.4. The third-order valence-electron chi connectivity index (χ3n) is 4.66. The summed E-state index contributed by atoms with van der Waals surface area (Å²) < 4.78 is 50.8. The number of aromatic nitrogens is 3. The third kappa shape index (κ3) is 3.86. The zero-order valence-electron chi connectivity index (χ0n) is 14.8. The Morgan fingerprint density at radius 1 is 1.24 bits per heavy atom. The molecule has 0 saturated heterocycles. The quantitative estimate of drug-likeness (QED) is 0.382. The van der Waals surface area contributed by atoms with Gasteiger partial charge in [0.2, 0.25) is 11.3 Å². The highest BCUT2D eigenvalue weighted by Crippen LogP contribution is 2.39. The summed E-state index contributed by atoms with van der Waals surface area (Å²) in [6, 6.07) is 7.74. The molecule has 4 aromatic rings. The first-order valence-corrected chi connectivity index (χ1v) is 10.1. The molecule has 4 rings (SSSR count). The Labute approximate surface area is 171 Å². The number of rotatable bonds is 6. The van der Waals surface area contributed by atoms with Crippen LogP contribution in [0, 0.1) is 5.82 Å². The van der Waals surface area contributed by atoms with Gasteiger partial charge in [-0.05, 0) is 29.5 Å². The summed E-state index contributed by atoms with van der Waals surface area (Å²) in [6.45, 7) is -0.0321. The van der Waals surface area contributed by atoms with Crippen molar-refractivity contribution in [3.8, 4) is 11.1 Å². The zero-order chi connectivity index (χ0) is 20.5. The number of aromatic amines is 1. The number of hydrogen-bond acceptors (Lipinski definition) is 3. The molecule has 0 aliphatic rings. The summed E-state index contributed by atoms with van der Waals surface area (Å²) in [7, 11) is 0. The lowest BCUT2D eigenvalue weighted by Crippen LogP contribution is -2.18. The molecule has 0 fully saturated rings. The Balaban J connectivity index is 1.74. The van der Waals surface area contributed by atoms with Gasteiger partial charge in [-0.1, -0.05) is 29.8 Å². The molecular weight excluding hydrogens is 422 g/mol. The number of halogens is 3. The van der Waals surface area contributed by atoms with E-state index >= 15 is 0 Å². The predicted octanol–water partition coefficient (Wildman–Crippen LogP) is 4.70. The van der Waals surface area contributed by atoms with Gasteiger partial charge in [0.1, 0.15) is 12.0 Å². The first kappa shape index (κ1) is 19.8. The summed E-state index contributed by atoms with van der Waals surface area (Å²) in [5.41, 5.74) is 1.36. The van der Waals surface area contributed by atoms with Crippen LogP contribution in [0.4, 0.5) is 8.78 Å². The van der Waals surface area contributed by atoms with E-state index in [1.54, 1.807) is 24.5 Å². The maximum atomic E-state index is 14.6. The van der Waals surface area contributed by atoms with Gasteiger partial charge in [-0.3, -0.25) is 9.65 Å². The van der Waals surface area contributed by atoms with Gasteiger partial charge in [-0.25, -0.2) is 22.7 Å². The molecule has 2 unspecified atom stereocenters. The van der Waals surface area contributed by atoms with Crippen molar-refractivity contribution in [1.82, 2.24) is 19.9 Å². The monoisotopic (exact) mass is 436 g/mol. The number of benzene rings is 2. The van der Waals surface area contributed by atoms with Crippen molar-refractivity contribution < 1.29 is 17.5 Å². The molecule has 0 aliphatic carbocycles. The van der Waals surface area contributed by atoms with E-state index in [2.05, 4.69) is 19.9 Å². The highest BCUT2D eigenvalue weighted by Gasteiger charge is 2.20. The maximum Gasteiger partial charge on any atom is 0.231 e. The van der Waals surface area contributed by atoms with Crippen LogP contribution in [-0.2, 0) is 11.3 Å². The fourth-order valence-corrected chi connectivity index (χ4v) is 3.96. The van der Waals surface area contributed by atoms with Crippen LogP contribution in [0.2, 0.25) is 5.02 Å². The molecule has 29 heavy (non-hydrogen) atoms. The molecule has 0 radical (unpaired) electrons. The fraction of sp³-hybridized carbons (Fsp3) is 0.158. The maximum absolute atomic E-state index is 14.6. The molecule has 0 spiro atoms. The number of H-pyrrole nitrogens is 1. The minimum atomic E-state index is -2.22. The van der Waals surface area contributed by atoms with E-state index in [9.17, 15) is 13.0 Å². The van der Waals surface area contributed by atoms with Crippen molar-refractivity contribution in [2.24, 2.45) is 0 Å². The van der Waals surface area contributed by atoms with E-state index in [1.807, 2.05) is 6.07 Å². The second kappa shape index (κ2) is 8.11. The Bertz CT molecular complexity index is 1230. The molecular formula is C19H15ClF2N4O2S. The number of hydrogen-bond donors (Lipinski definition) is 3. The van der Waals surface area contributed by atoms with Crippen LogP contribution >= 0.6 is 11.6 Å². The average Bonchev–Trinajstić information content (AvgIpc) is 3.16. The third-order valence-corrected chi connectivity index (χ3v) is 5.52. The molecule has 6 nitrogen and oxygen atoms in total. The SMILES string of the molecule is O=S(O)NCCC(F)c1ccc(F)c(-c2ccc3c(cnc4[nH]ncc43)c2)c1Cl. The van der Waals surface area contributed by atoms with E-state index in [0.29, 0.717) is 11.2 Å². The molecule has 0 aliphatic heterocycles. The normalized spacial score (nSPS) is 13.8. The first-order chi connectivity index (χ1) is 14.0. The number of alkyl halides is 1. The molecule has 10 heteroatoms. The van der Waals surface area contributed by atoms with Gasteiger partial charge in [0.25, 0.3) is 0 Å². The van der Waals surface area contributed by atoms with Crippen LogP contribution in [0.1, 0.15) is 18.2 Å². The molecule has 2 aromatic carbocycles. The van der Waals surface area contributed by atoms with Crippen molar-refractivity contribution in [2.75, 3.05) is 6.54 Å². The van der Waals surface area contributed by atoms with E-state index in [4.69, 9.17) is 16.2 Å². The Hall–Kier alpha value is -2.46. The minimum absolute atomic E-state index is 0.0284. The van der Waals surface area contributed by atoms with Crippen molar-refractivity contribution in [1.29, 1.82) is 0 Å². The van der Waals surface area contributed by atoms with Gasteiger partial charge in [-0.2, -0.15) is 5.10 Å². The van der Waals surface area contributed by atoms with Crippen molar-refractivity contribution >= 4 is 44.7 Å². The smallest absolute Gasteiger partial charge is 0.231 e. The van der Waals surface area contributed by atoms with Crippen LogP contribution in [-0.4, -0.2) is 30.5 Å². The van der Waals surface area contributed by atoms with E-state index in [0.717, 1.165) is 16.2 Å². The van der Waals surface area contributed by atoms with Crippen molar-refractivity contribution in [3.63, 3.8) is 0 Å². The lowest BCUT2D eigenvalue weighted by Gasteiger charge is -2.15. The summed E-state index contributed by atoms with van der Waals surface area (Å²) in [5, 5.41) is 9.25. The molecule has 3 N–H and O–H groups in total. The second-order valence-corrected chi connectivity index (χ2v) is 7.58. The standard InChI is InChI=1S/C19H15ClF2N4O2S/c20-18-13(15(21)5-6-25-29(27)28)3-4-16(22)17(18)10-1-2-12-11(7-10)8-23-19-14(12)9-24-26-19/h1-4,7-9,15,25H,5-6H2,(H,27,28)(H,23,24,26). The van der Waals surface area contributed by atoms with Gasteiger partial charge in [-0.15, -0.1) is 0 Å². The largest absolute Gasteiger partial charge is 0.294 e. The second-order valence-electron chi connectivity index (χ2n) is 6.42. The number of nitrogens with zero attached hydrogens (tertiary/aromatic N) is 2. The molecule has 2 heterocycles. The number of pyridine rings is 1. The molecule has 0 amide bonds. The fourth-order valence-electron chi connectivity index (χ4n) is 3.28. The van der Waals surface area contributed by atoms with Crippen molar-refractivity contribution in [2.45, 2.75) is 12.6 Å². The molecule has 2 atom stereocenters. The Morgan fingerprint density at radius 2 is 2.07 bits per heavy atom. The van der Waals surface area contributed by atoms with Gasteiger partial charge in [0, 0.05) is 34.6 Å². The summed E-state index contributed by atoms with van der Waals surface area (Å²) >= 11 is 4.15. The van der Waals surface area contributed by atoms with Crippen LogP contribution in [0.25, 0.3) is 32.9 Å². The molecule has 0 saturated carbocycles. The average molecular weight is 437 g/mol. The number of nitrogens with one attached hydrogen (secondary N) is 2. The summed E-state index contributed by atoms with van der Waals surface area (Å²) in [4.78, 5) is 4.29. The summed E-state index contributed by atoms with van der Waals surface area (Å²) in [5.74, 6) is -0.572. The summed E-state index contributed by atoms with van der Waals surface area (Å²) in [6.07, 6.45) is 1.70. The lowest BCUT2D eigenvalue weighted by molar-refractivity contribution is 0.324. The van der Waals surface area contributed by atoms with Gasteiger partial charge < -0.3 is 0 Å². The predicted molar refractivity (Wildman–Crippen MR) is 109 cm³/mol. The minimum Gasteiger partial charge on any atom is -0.294 e. The van der Waals surface area contributed by atoms with Crippen LogP contribution in [0.5, 0.6) is 0 Å². The van der Waals surface area contributed by atoms with Crippen LogP contribution in [0.3, 0.4) is 0 Å². The highest BCUT2D eigenvalue weighted by atomic mass is 35.5. The Kier molecular flexibility index (Phi) is 5.55. The van der Waals surface area contributed by atoms with Crippen LogP contribution < -0.4 is 4.72 Å². The highest BCUT2D eigenvalue weighted by molar-refractivity contribution is 7.77. The van der Waals surface area contributed by atoms with Gasteiger partial charge in [0.05, 0.1) is 11.2 Å². The van der Waals surface area contributed by atoms with Gasteiger partial charge in [0.15, 0.2) is 5.65 Å². The van der Waals surface area contributed by atoms with E-state index in [1.165, 1.54) is 12.1 Å². The van der Waals surface area contributed by atoms with E-state index < -0.39 is 23.3 Å².